The molecular weight excluding hydrogens is 320 g/mol. The van der Waals surface area contributed by atoms with E-state index in [-0.39, 0.29) is 11.1 Å². The molecule has 0 bridgehead atoms. The van der Waals surface area contributed by atoms with Crippen molar-refractivity contribution in [3.8, 4) is 0 Å². The minimum Gasteiger partial charge on any atom is -0.464 e. The zero-order valence-corrected chi connectivity index (χ0v) is 13.0. The Morgan fingerprint density at radius 1 is 1.29 bits per heavy atom. The molecule has 0 saturated carbocycles. The third-order valence-corrected chi connectivity index (χ3v) is 3.08. The summed E-state index contributed by atoms with van der Waals surface area (Å²) in [4.78, 5) is 48.4. The molecule has 0 unspecified atom stereocenters. The topological polar surface area (TPSA) is 92.8 Å². The second-order valence-corrected chi connectivity index (χ2v) is 4.73. The lowest BCUT2D eigenvalue weighted by Crippen LogP contribution is -2.30. The van der Waals surface area contributed by atoms with Crippen LogP contribution in [0.4, 0.5) is 0 Å². The number of ether oxygens (including phenoxy) is 1. The fourth-order valence-electron chi connectivity index (χ4n) is 2.03. The Balaban J connectivity index is 2.31. The molecule has 1 aliphatic rings. The highest BCUT2D eigenvalue weighted by Gasteiger charge is 2.34. The van der Waals surface area contributed by atoms with Gasteiger partial charge in [0.15, 0.2) is 0 Å². The molecule has 24 heavy (non-hydrogen) atoms. The number of amides is 3. The Morgan fingerprint density at radius 2 is 1.88 bits per heavy atom. The number of benzene rings is 1. The van der Waals surface area contributed by atoms with Crippen LogP contribution in [-0.2, 0) is 14.3 Å². The van der Waals surface area contributed by atoms with Gasteiger partial charge in [0, 0.05) is 17.6 Å². The molecule has 0 radical (unpaired) electrons. The average molecular weight is 342 g/mol. The quantitative estimate of drug-likeness (QED) is 0.276. The molecule has 1 aromatic rings. The molecule has 126 valence electrons. The molecule has 7 heteroatoms. The largest absolute Gasteiger partial charge is 0.464 e. The van der Waals surface area contributed by atoms with Gasteiger partial charge in [-0.2, -0.15) is 0 Å². The van der Waals surface area contributed by atoms with Crippen LogP contribution in [0.5, 0.6) is 0 Å². The Bertz CT molecular complexity index is 838. The fourth-order valence-corrected chi connectivity index (χ4v) is 2.03. The van der Waals surface area contributed by atoms with Gasteiger partial charge in [0.05, 0.1) is 19.6 Å². The molecule has 0 saturated heterocycles. The summed E-state index contributed by atoms with van der Waals surface area (Å²) in [6.45, 7) is -0.717. The Labute approximate surface area is 144 Å². The molecule has 2 rings (SSSR count). The molecule has 3 amide bonds. The first kappa shape index (κ1) is 12.5. The fraction of sp³-hybridized carbons (Fsp3) is 0.294. The van der Waals surface area contributed by atoms with E-state index in [0.29, 0.717) is 4.90 Å². The molecule has 1 aliphatic heterocycles. The number of fused-ring (bicyclic) bond motifs is 1. The van der Waals surface area contributed by atoms with E-state index in [2.05, 4.69) is 10.1 Å². The number of hydrogen-bond acceptors (Lipinski definition) is 5. The van der Waals surface area contributed by atoms with Crippen molar-refractivity contribution in [1.29, 1.82) is 0 Å². The number of hydrogen-bond donors (Lipinski definition) is 1. The SMILES string of the molecule is [2H]/[13C](=[13C](/[15NH]C(C)=O)[13C](=O)OC)[13C@H]([2H])[13C@H]([2H])[13C@@H]([2H])[15N]1C(=O)c2ccccc2C1=O. The van der Waals surface area contributed by atoms with Crippen LogP contribution in [0.2, 0.25) is 0 Å². The Hall–Kier alpha value is -2.96. The number of methoxy groups -OCH3 is 1. The van der Waals surface area contributed by atoms with Gasteiger partial charge in [-0.15, -0.1) is 0 Å². The Kier molecular flexibility index (Phi) is 3.92. The van der Waals surface area contributed by atoms with E-state index >= 15 is 0 Å². The number of imide groups is 1. The van der Waals surface area contributed by atoms with Crippen LogP contribution >= 0.6 is 0 Å². The lowest BCUT2D eigenvalue weighted by molar-refractivity contribution is -0.137. The zero-order chi connectivity index (χ0) is 21.2. The highest BCUT2D eigenvalue weighted by molar-refractivity contribution is 6.21. The van der Waals surface area contributed by atoms with Gasteiger partial charge in [-0.25, -0.2) is 4.79 Å². The third-order valence-electron chi connectivity index (χ3n) is 3.08. The predicted molar refractivity (Wildman–Crippen MR) is 85.0 cm³/mol. The van der Waals surface area contributed by atoms with Crippen LogP contribution in [0.3, 0.4) is 0 Å². The number of allylic oxidation sites excluding steroid dienone is 1. The van der Waals surface area contributed by atoms with Crippen molar-refractivity contribution in [2.24, 2.45) is 0 Å². The smallest absolute Gasteiger partial charge is 0.354 e. The molecule has 1 N–H and O–H groups in total. The summed E-state index contributed by atoms with van der Waals surface area (Å²) in [5.41, 5.74) is -0.455. The van der Waals surface area contributed by atoms with E-state index in [0.717, 1.165) is 14.0 Å². The number of nitrogens with zero attached hydrogens (tertiary/aromatic N) is 1. The first-order valence-electron chi connectivity index (χ1n) is 9.15. The van der Waals surface area contributed by atoms with Gasteiger partial charge in [0.2, 0.25) is 5.91 Å². The molecule has 1 aromatic carbocycles. The van der Waals surface area contributed by atoms with Gasteiger partial charge >= 0.3 is 5.97 Å². The van der Waals surface area contributed by atoms with E-state index in [1.807, 2.05) is 0 Å². The van der Waals surface area contributed by atoms with Crippen molar-refractivity contribution in [2.75, 3.05) is 13.6 Å². The van der Waals surface area contributed by atoms with Crippen molar-refractivity contribution in [2.45, 2.75) is 19.7 Å². The summed E-state index contributed by atoms with van der Waals surface area (Å²) in [7, 11) is 1.01. The molecule has 0 aromatic heterocycles. The van der Waals surface area contributed by atoms with Crippen LogP contribution < -0.4 is 5.32 Å². The molecule has 1 heterocycles. The molecule has 0 aliphatic carbocycles. The maximum absolute atomic E-state index is 12.4. The summed E-state index contributed by atoms with van der Waals surface area (Å²) in [6, 6.07) is 5.18. The summed E-state index contributed by atoms with van der Waals surface area (Å²) in [5.74, 6) is -3.32. The van der Waals surface area contributed by atoms with Crippen LogP contribution in [0.15, 0.2) is 36.0 Å². The summed E-state index contributed by atoms with van der Waals surface area (Å²) < 4.78 is 36.7. The second kappa shape index (κ2) is 7.54. The second-order valence-electron chi connectivity index (χ2n) is 4.73. The predicted octanol–water partition coefficient (Wildman–Crippen LogP) is 1.26. The van der Waals surface area contributed by atoms with Crippen molar-refractivity contribution >= 4 is 23.7 Å². The van der Waals surface area contributed by atoms with Gasteiger partial charge < -0.3 is 10.1 Å². The summed E-state index contributed by atoms with van der Waals surface area (Å²) in [5, 5.41) is 2.07. The zero-order valence-electron chi connectivity index (χ0n) is 17.0. The van der Waals surface area contributed by atoms with E-state index in [1.165, 1.54) is 12.1 Å². The molecule has 0 spiro atoms. The van der Waals surface area contributed by atoms with Crippen molar-refractivity contribution < 1.29 is 29.4 Å². The highest BCUT2D eigenvalue weighted by atomic mass is 16.6. The third kappa shape index (κ3) is 3.68. The van der Waals surface area contributed by atoms with E-state index in [9.17, 15) is 19.2 Å². The van der Waals surface area contributed by atoms with E-state index in [1.54, 1.807) is 12.1 Å². The van der Waals surface area contributed by atoms with Crippen LogP contribution in [-0.4, -0.2) is 42.2 Å². The first-order chi connectivity index (χ1) is 13.1. The van der Waals surface area contributed by atoms with Crippen LogP contribution in [0, 0.1) is 0 Å². The lowest BCUT2D eigenvalue weighted by atomic mass is 10.1. The van der Waals surface area contributed by atoms with Gasteiger partial charge in [0.1, 0.15) is 5.70 Å². The number of esters is 1. The lowest BCUT2D eigenvalue weighted by Gasteiger charge is -2.13. The normalized spacial score (nSPS) is 20.5. The number of nitrogens with one attached hydrogen (secondary N) is 1. The monoisotopic (exact) mass is 342 g/mol. The minimum atomic E-state index is -1.81. The van der Waals surface area contributed by atoms with Crippen LogP contribution in [0.25, 0.3) is 0 Å². The standard InChI is InChI=1S/C17H18N2O5/c1-11(20)18-14(17(23)24-2)9-5-6-10-19-15(21)12-7-3-4-8-13(12)16(19)22/h3-4,7-9H,5-6,10H2,1-2H3,(H,18,20)/b14-9-/i5+1D,6+1D,9+1D,10+1D,14+1,17+1,18+1,19+1/t5-,6+,10-/m1/s1. The molecule has 7 nitrogen and oxygen atoms in total. The van der Waals surface area contributed by atoms with Gasteiger partial charge in [-0.3, -0.25) is 19.3 Å². The Morgan fingerprint density at radius 3 is 2.38 bits per heavy atom. The number of rotatable bonds is 6. The minimum absolute atomic E-state index is 0.0913. The molecular formula is C17H18N2O5. The number of carbonyl (C=O) groups excluding carboxylic acids is 4. The first-order valence-corrected chi connectivity index (χ1v) is 6.92. The van der Waals surface area contributed by atoms with Crippen molar-refractivity contribution in [3.05, 3.63) is 47.1 Å². The summed E-state index contributed by atoms with van der Waals surface area (Å²) in [6.07, 6.45) is -3.59. The van der Waals surface area contributed by atoms with Crippen LogP contribution in [0.1, 0.15) is 45.9 Å². The van der Waals surface area contributed by atoms with Gasteiger partial charge in [-0.1, -0.05) is 18.2 Å². The highest BCUT2D eigenvalue weighted by Crippen LogP contribution is 2.22. The van der Waals surface area contributed by atoms with Crippen molar-refractivity contribution in [1.82, 2.24) is 10.2 Å². The van der Waals surface area contributed by atoms with E-state index in [4.69, 9.17) is 5.48 Å². The van der Waals surface area contributed by atoms with Gasteiger partial charge in [-0.05, 0) is 24.9 Å². The molecule has 0 fully saturated rings. The molecule has 3 atom stereocenters. The van der Waals surface area contributed by atoms with E-state index < -0.39 is 54.8 Å². The van der Waals surface area contributed by atoms with Crippen molar-refractivity contribution in [3.63, 3.8) is 0 Å². The van der Waals surface area contributed by atoms with Gasteiger partial charge in [0.25, 0.3) is 11.8 Å². The summed E-state index contributed by atoms with van der Waals surface area (Å²) >= 11 is 0. The number of carbonyl (C=O) groups is 4. The average Bonchev–Trinajstić information content (AvgIpc) is 2.93. The maximum atomic E-state index is 12.4. The maximum Gasteiger partial charge on any atom is 0.354 e.